The van der Waals surface area contributed by atoms with Gasteiger partial charge in [-0.3, -0.25) is 9.59 Å². The van der Waals surface area contributed by atoms with Crippen molar-refractivity contribution in [3.05, 3.63) is 89.2 Å². The Kier molecular flexibility index (Phi) is 4.98. The van der Waals surface area contributed by atoms with Crippen LogP contribution in [0.5, 0.6) is 5.75 Å². The molecule has 28 heavy (non-hydrogen) atoms. The molecule has 3 aromatic rings. The number of ketones is 1. The minimum Gasteiger partial charge on any atom is -0.497 e. The Morgan fingerprint density at radius 1 is 1.04 bits per heavy atom. The third kappa shape index (κ3) is 3.43. The quantitative estimate of drug-likeness (QED) is 0.672. The first-order valence-corrected chi connectivity index (χ1v) is 9.37. The number of benzene rings is 2. The van der Waals surface area contributed by atoms with E-state index in [9.17, 15) is 9.59 Å². The normalized spacial score (nSPS) is 15.1. The number of methoxy groups -OCH3 is 1. The molecule has 1 unspecified atom stereocenters. The van der Waals surface area contributed by atoms with Gasteiger partial charge in [-0.1, -0.05) is 42.5 Å². The number of hydrogen-bond donors (Lipinski definition) is 1. The molecular formula is C23H22N2O3. The smallest absolute Gasteiger partial charge is 0.229 e. The zero-order chi connectivity index (χ0) is 19.5. The van der Waals surface area contributed by atoms with Crippen LogP contribution in [0.3, 0.4) is 0 Å². The van der Waals surface area contributed by atoms with Crippen LogP contribution in [-0.2, 0) is 17.9 Å². The number of rotatable bonds is 6. The maximum atomic E-state index is 12.8. The van der Waals surface area contributed by atoms with E-state index in [1.165, 1.54) is 0 Å². The predicted molar refractivity (Wildman–Crippen MR) is 107 cm³/mol. The van der Waals surface area contributed by atoms with Gasteiger partial charge >= 0.3 is 0 Å². The molecule has 0 aliphatic carbocycles. The lowest BCUT2D eigenvalue weighted by molar-refractivity contribution is -0.122. The van der Waals surface area contributed by atoms with Crippen molar-refractivity contribution in [2.75, 3.05) is 7.11 Å². The molecule has 1 N–H and O–H groups in total. The van der Waals surface area contributed by atoms with Gasteiger partial charge in [0.05, 0.1) is 18.7 Å². The number of carbonyl (C=O) groups is 2. The molecule has 1 atom stereocenters. The van der Waals surface area contributed by atoms with Gasteiger partial charge < -0.3 is 14.6 Å². The minimum atomic E-state index is -0.226. The van der Waals surface area contributed by atoms with Crippen molar-refractivity contribution < 1.29 is 14.3 Å². The molecule has 0 bridgehead atoms. The number of fused-ring (bicyclic) bond motifs is 1. The maximum absolute atomic E-state index is 12.8. The van der Waals surface area contributed by atoms with Crippen LogP contribution in [-0.4, -0.2) is 23.4 Å². The topological polar surface area (TPSA) is 60.3 Å². The lowest BCUT2D eigenvalue weighted by Gasteiger charge is -2.11. The van der Waals surface area contributed by atoms with E-state index >= 15 is 0 Å². The molecule has 1 aromatic heterocycles. The number of amides is 1. The molecule has 1 amide bonds. The Balaban J connectivity index is 1.45. The van der Waals surface area contributed by atoms with Crippen molar-refractivity contribution in [2.45, 2.75) is 25.4 Å². The van der Waals surface area contributed by atoms with Crippen LogP contribution in [0, 0.1) is 0 Å². The second-order valence-corrected chi connectivity index (χ2v) is 6.90. The number of nitrogens with zero attached hydrogens (tertiary/aromatic N) is 1. The van der Waals surface area contributed by atoms with Crippen LogP contribution >= 0.6 is 0 Å². The number of nitrogens with one attached hydrogen (secondary N) is 1. The highest BCUT2D eigenvalue weighted by atomic mass is 16.5. The Morgan fingerprint density at radius 3 is 2.50 bits per heavy atom. The van der Waals surface area contributed by atoms with Crippen molar-refractivity contribution in [3.8, 4) is 5.75 Å². The Hall–Kier alpha value is -3.34. The maximum Gasteiger partial charge on any atom is 0.229 e. The molecule has 1 aliphatic rings. The summed E-state index contributed by atoms with van der Waals surface area (Å²) in [5, 5.41) is 3.01. The summed E-state index contributed by atoms with van der Waals surface area (Å²) in [5.41, 5.74) is 3.23. The van der Waals surface area contributed by atoms with Crippen LogP contribution in [0.2, 0.25) is 0 Å². The van der Waals surface area contributed by atoms with Gasteiger partial charge in [0.15, 0.2) is 0 Å². The zero-order valence-electron chi connectivity index (χ0n) is 15.7. The molecule has 0 saturated carbocycles. The summed E-state index contributed by atoms with van der Waals surface area (Å²) in [5.74, 6) is 0.549. The van der Waals surface area contributed by atoms with E-state index in [0.29, 0.717) is 30.8 Å². The molecule has 5 heteroatoms. The Bertz CT molecular complexity index is 990. The zero-order valence-corrected chi connectivity index (χ0v) is 15.7. The van der Waals surface area contributed by atoms with E-state index in [-0.39, 0.29) is 17.6 Å². The molecule has 0 saturated heterocycles. The summed E-state index contributed by atoms with van der Waals surface area (Å²) in [4.78, 5) is 25.5. The highest BCUT2D eigenvalue weighted by Gasteiger charge is 2.31. The van der Waals surface area contributed by atoms with Crippen LogP contribution in [0.15, 0.2) is 66.7 Å². The second kappa shape index (κ2) is 7.72. The van der Waals surface area contributed by atoms with Crippen LogP contribution in [0.1, 0.15) is 39.6 Å². The molecule has 5 nitrogen and oxygen atoms in total. The molecule has 0 spiro atoms. The lowest BCUT2D eigenvalue weighted by atomic mass is 10.0. The number of aromatic nitrogens is 1. The van der Waals surface area contributed by atoms with Crippen molar-refractivity contribution >= 4 is 11.7 Å². The molecule has 4 rings (SSSR count). The number of carbonyl (C=O) groups excluding carboxylic acids is 2. The number of hydrogen-bond acceptors (Lipinski definition) is 3. The van der Waals surface area contributed by atoms with E-state index in [4.69, 9.17) is 4.74 Å². The Labute approximate surface area is 163 Å². The first kappa shape index (κ1) is 18.0. The Morgan fingerprint density at radius 2 is 1.79 bits per heavy atom. The van der Waals surface area contributed by atoms with Gasteiger partial charge in [0, 0.05) is 24.3 Å². The van der Waals surface area contributed by atoms with Crippen LogP contribution in [0.25, 0.3) is 0 Å². The second-order valence-electron chi connectivity index (χ2n) is 6.90. The predicted octanol–water partition coefficient (Wildman–Crippen LogP) is 3.53. The van der Waals surface area contributed by atoms with E-state index in [1.54, 1.807) is 7.11 Å². The first-order chi connectivity index (χ1) is 13.7. The largest absolute Gasteiger partial charge is 0.497 e. The lowest BCUT2D eigenvalue weighted by Crippen LogP contribution is -2.27. The third-order valence-electron chi connectivity index (χ3n) is 5.22. The highest BCUT2D eigenvalue weighted by molar-refractivity contribution is 6.08. The SMILES string of the molecule is COc1ccc(CNC(=O)C2CCn3c(C(=O)c4ccccc4)ccc32)cc1. The van der Waals surface area contributed by atoms with Gasteiger partial charge in [0.25, 0.3) is 0 Å². The highest BCUT2D eigenvalue weighted by Crippen LogP contribution is 2.31. The van der Waals surface area contributed by atoms with Gasteiger partial charge in [-0.25, -0.2) is 0 Å². The van der Waals surface area contributed by atoms with Crippen molar-refractivity contribution in [3.63, 3.8) is 0 Å². The van der Waals surface area contributed by atoms with Crippen molar-refractivity contribution in [2.24, 2.45) is 0 Å². The van der Waals surface area contributed by atoms with E-state index in [0.717, 1.165) is 17.0 Å². The fraction of sp³-hybridized carbons (Fsp3) is 0.217. The fourth-order valence-electron chi connectivity index (χ4n) is 3.70. The van der Waals surface area contributed by atoms with Crippen LogP contribution in [0.4, 0.5) is 0 Å². The fourth-order valence-corrected chi connectivity index (χ4v) is 3.70. The standard InChI is InChI=1S/C23H22N2O3/c1-28-18-9-7-16(8-10-18)15-24-23(27)19-13-14-25-20(19)11-12-21(25)22(26)17-5-3-2-4-6-17/h2-12,19H,13-15H2,1H3,(H,24,27). The monoisotopic (exact) mass is 374 g/mol. The summed E-state index contributed by atoms with van der Waals surface area (Å²) < 4.78 is 7.13. The molecule has 1 aliphatic heterocycles. The van der Waals surface area contributed by atoms with Gasteiger partial charge in [-0.2, -0.15) is 0 Å². The van der Waals surface area contributed by atoms with Gasteiger partial charge in [0.2, 0.25) is 11.7 Å². The van der Waals surface area contributed by atoms with E-state index in [1.807, 2.05) is 71.3 Å². The van der Waals surface area contributed by atoms with Crippen molar-refractivity contribution in [1.29, 1.82) is 0 Å². The number of ether oxygens (including phenoxy) is 1. The molecule has 0 fully saturated rings. The minimum absolute atomic E-state index is 0.00798. The van der Waals surface area contributed by atoms with Gasteiger partial charge in [0.1, 0.15) is 5.75 Å². The molecule has 0 radical (unpaired) electrons. The van der Waals surface area contributed by atoms with E-state index in [2.05, 4.69) is 5.32 Å². The van der Waals surface area contributed by atoms with Gasteiger partial charge in [-0.05, 0) is 36.2 Å². The average molecular weight is 374 g/mol. The average Bonchev–Trinajstić information content (AvgIpc) is 3.35. The summed E-state index contributed by atoms with van der Waals surface area (Å²) in [6.07, 6.45) is 0.708. The van der Waals surface area contributed by atoms with Gasteiger partial charge in [-0.15, -0.1) is 0 Å². The molecule has 142 valence electrons. The summed E-state index contributed by atoms with van der Waals surface area (Å²) in [6.45, 7) is 1.15. The summed E-state index contributed by atoms with van der Waals surface area (Å²) in [7, 11) is 1.63. The third-order valence-corrected chi connectivity index (χ3v) is 5.22. The first-order valence-electron chi connectivity index (χ1n) is 9.37. The molecule has 2 heterocycles. The van der Waals surface area contributed by atoms with Crippen LogP contribution < -0.4 is 10.1 Å². The van der Waals surface area contributed by atoms with E-state index < -0.39 is 0 Å². The molecule has 2 aromatic carbocycles. The summed E-state index contributed by atoms with van der Waals surface area (Å²) >= 11 is 0. The summed E-state index contributed by atoms with van der Waals surface area (Å²) in [6, 6.07) is 20.6. The van der Waals surface area contributed by atoms with Crippen molar-refractivity contribution in [1.82, 2.24) is 9.88 Å². The molecular weight excluding hydrogens is 352 g/mol.